The molecule has 12 heteroatoms. The monoisotopic (exact) mass is 483 g/mol. The van der Waals surface area contributed by atoms with Crippen LogP contribution in [0.3, 0.4) is 0 Å². The number of amides is 3. The summed E-state index contributed by atoms with van der Waals surface area (Å²) in [6, 6.07) is 4.07. The molecule has 1 aromatic heterocycles. The van der Waals surface area contributed by atoms with Gasteiger partial charge in [0.2, 0.25) is 0 Å². The molecule has 9 nitrogen and oxygen atoms in total. The van der Waals surface area contributed by atoms with Crippen LogP contribution in [0, 0.1) is 12.7 Å². The third-order valence-electron chi connectivity index (χ3n) is 5.52. The predicted molar refractivity (Wildman–Crippen MR) is 117 cm³/mol. The molecule has 2 aromatic rings. The number of hydroxylamine groups is 2. The third-order valence-corrected chi connectivity index (χ3v) is 5.52. The van der Waals surface area contributed by atoms with Crippen molar-refractivity contribution in [1.82, 2.24) is 19.7 Å². The highest BCUT2D eigenvalue weighted by atomic mass is 19.3. The number of alkyl halides is 2. The fourth-order valence-electron chi connectivity index (χ4n) is 3.78. The number of hydrogen-bond acceptors (Lipinski definition) is 5. The summed E-state index contributed by atoms with van der Waals surface area (Å²) in [7, 11) is 2.82. The Morgan fingerprint density at radius 2 is 2.12 bits per heavy atom. The van der Waals surface area contributed by atoms with Gasteiger partial charge in [0.15, 0.2) is 0 Å². The number of aryl methyl sites for hydroxylation is 1. The average molecular weight is 483 g/mol. The van der Waals surface area contributed by atoms with Gasteiger partial charge in [0.05, 0.1) is 25.4 Å². The molecule has 2 aliphatic rings. The minimum atomic E-state index is -2.32. The zero-order chi connectivity index (χ0) is 25.0. The maximum atomic E-state index is 13.5. The van der Waals surface area contributed by atoms with E-state index in [9.17, 15) is 22.8 Å². The van der Waals surface area contributed by atoms with Crippen LogP contribution in [0.2, 0.25) is 0 Å². The summed E-state index contributed by atoms with van der Waals surface area (Å²) in [5, 5.41) is 8.61. The molecule has 2 aliphatic heterocycles. The molecule has 186 valence electrons. The van der Waals surface area contributed by atoms with E-state index in [-0.39, 0.29) is 30.3 Å². The van der Waals surface area contributed by atoms with Crippen molar-refractivity contribution in [1.29, 1.82) is 0 Å². The summed E-state index contributed by atoms with van der Waals surface area (Å²) in [6.45, 7) is 4.25. The molecule has 1 aromatic carbocycles. The lowest BCUT2D eigenvalue weighted by Crippen LogP contribution is -2.45. The minimum absolute atomic E-state index is 0.0859. The number of carbonyl (C=O) groups excluding carboxylic acids is 2. The summed E-state index contributed by atoms with van der Waals surface area (Å²) >= 11 is 0. The van der Waals surface area contributed by atoms with Gasteiger partial charge >= 0.3 is 6.03 Å². The lowest BCUT2D eigenvalue weighted by atomic mass is 9.99. The summed E-state index contributed by atoms with van der Waals surface area (Å²) in [6.07, 6.45) is -1.77. The Balaban J connectivity index is 0.000000481. The van der Waals surface area contributed by atoms with E-state index < -0.39 is 13.0 Å². The van der Waals surface area contributed by atoms with Crippen molar-refractivity contribution >= 4 is 17.6 Å². The van der Waals surface area contributed by atoms with Gasteiger partial charge in [-0.05, 0) is 37.6 Å². The van der Waals surface area contributed by atoms with Crippen LogP contribution in [0.25, 0.3) is 0 Å². The molecule has 0 radical (unpaired) electrons. The van der Waals surface area contributed by atoms with E-state index in [1.807, 2.05) is 6.92 Å². The lowest BCUT2D eigenvalue weighted by molar-refractivity contribution is -0.103. The molecule has 0 bridgehead atoms. The Kier molecular flexibility index (Phi) is 8.15. The molecule has 0 unspecified atom stereocenters. The number of fused-ring (bicyclic) bond motifs is 3. The molecule has 0 saturated heterocycles. The number of halogens is 3. The smallest absolute Gasteiger partial charge is 0.322 e. The fraction of sp³-hybridized carbons (Fsp3) is 0.500. The first-order chi connectivity index (χ1) is 16.1. The first-order valence-corrected chi connectivity index (χ1v) is 10.7. The van der Waals surface area contributed by atoms with Gasteiger partial charge in [-0.25, -0.2) is 23.0 Å². The maximum absolute atomic E-state index is 13.5. The molecule has 0 spiro atoms. The molecule has 1 atom stereocenters. The molecule has 3 heterocycles. The van der Waals surface area contributed by atoms with Crippen molar-refractivity contribution in [3.05, 3.63) is 46.5 Å². The molecule has 34 heavy (non-hydrogen) atoms. The van der Waals surface area contributed by atoms with Gasteiger partial charge in [0, 0.05) is 37.9 Å². The molecular weight excluding hydrogens is 455 g/mol. The number of hydrogen-bond donors (Lipinski definition) is 1. The number of aromatic nitrogens is 2. The number of rotatable bonds is 3. The summed E-state index contributed by atoms with van der Waals surface area (Å²) in [5.74, 6) is -0.586. The second kappa shape index (κ2) is 10.9. The number of urea groups is 1. The second-order valence-corrected chi connectivity index (χ2v) is 8.05. The number of benzene rings is 1. The van der Waals surface area contributed by atoms with Crippen LogP contribution < -0.4 is 5.32 Å². The fourth-order valence-corrected chi connectivity index (χ4v) is 3.78. The topological polar surface area (TPSA) is 88.9 Å². The van der Waals surface area contributed by atoms with Gasteiger partial charge in [-0.3, -0.25) is 14.3 Å². The molecule has 0 fully saturated rings. The quantitative estimate of drug-likeness (QED) is 0.724. The Morgan fingerprint density at radius 3 is 2.74 bits per heavy atom. The number of carbonyl (C=O) groups is 2. The van der Waals surface area contributed by atoms with Crippen LogP contribution in [0.5, 0.6) is 0 Å². The number of anilines is 1. The number of nitrogens with one attached hydrogen (secondary N) is 1. The van der Waals surface area contributed by atoms with Crippen LogP contribution >= 0.6 is 0 Å². The summed E-state index contributed by atoms with van der Waals surface area (Å²) in [4.78, 5) is 32.5. The zero-order valence-corrected chi connectivity index (χ0v) is 19.5. The van der Waals surface area contributed by atoms with E-state index in [1.54, 1.807) is 29.6 Å². The van der Waals surface area contributed by atoms with Gasteiger partial charge in [-0.1, -0.05) is 0 Å². The first kappa shape index (κ1) is 25.5. The second-order valence-electron chi connectivity index (χ2n) is 8.05. The Morgan fingerprint density at radius 1 is 1.38 bits per heavy atom. The van der Waals surface area contributed by atoms with Crippen LogP contribution in [-0.2, 0) is 29.1 Å². The van der Waals surface area contributed by atoms with Gasteiger partial charge in [-0.15, -0.1) is 0 Å². The van der Waals surface area contributed by atoms with E-state index >= 15 is 0 Å². The van der Waals surface area contributed by atoms with Crippen molar-refractivity contribution in [2.45, 2.75) is 45.8 Å². The standard InChI is InChI=1S/C19H22FN5O3.C3H6F2O/c1-11-8-13(4-5-15(11)20)21-19(27)24-10-14-16(9-12(24)2)22-25-6-7-28-23(3)18(26)17(14)25;1-6-2-3(4)5/h4-5,8,12H,6-7,9-10H2,1-3H3,(H,21,27);3H,2H2,1H3/t12-;/m1./s1. The van der Waals surface area contributed by atoms with E-state index in [1.165, 1.54) is 24.3 Å². The normalized spacial score (nSPS) is 17.5. The van der Waals surface area contributed by atoms with Gasteiger partial charge in [0.1, 0.15) is 18.1 Å². The van der Waals surface area contributed by atoms with Crippen molar-refractivity contribution in [3.63, 3.8) is 0 Å². The average Bonchev–Trinajstić information content (AvgIpc) is 3.05. The molecule has 1 N–H and O–H groups in total. The van der Waals surface area contributed by atoms with E-state index in [0.29, 0.717) is 36.5 Å². The predicted octanol–water partition coefficient (Wildman–Crippen LogP) is 3.22. The van der Waals surface area contributed by atoms with E-state index in [2.05, 4.69) is 15.2 Å². The molecule has 4 rings (SSSR count). The number of methoxy groups -OCH3 is 1. The number of nitrogens with zero attached hydrogens (tertiary/aromatic N) is 4. The van der Waals surface area contributed by atoms with Gasteiger partial charge in [0.25, 0.3) is 12.3 Å². The van der Waals surface area contributed by atoms with Crippen LogP contribution in [0.4, 0.5) is 23.7 Å². The van der Waals surface area contributed by atoms with Crippen molar-refractivity contribution < 1.29 is 32.3 Å². The maximum Gasteiger partial charge on any atom is 0.322 e. The lowest BCUT2D eigenvalue weighted by Gasteiger charge is -2.33. The third kappa shape index (κ3) is 5.68. The Labute approximate surface area is 195 Å². The Hall–Kier alpha value is -3.12. The number of ether oxygens (including phenoxy) is 1. The highest BCUT2D eigenvalue weighted by Gasteiger charge is 2.36. The SMILES string of the molecule is COCC(F)F.Cc1cc(NC(=O)N2Cc3c(nn4c3C(=O)N(C)OCC4)C[C@H]2C)ccc1F. The summed E-state index contributed by atoms with van der Waals surface area (Å²) < 4.78 is 41.0. The molecule has 0 saturated carbocycles. The van der Waals surface area contributed by atoms with Crippen LogP contribution in [0.15, 0.2) is 18.2 Å². The van der Waals surface area contributed by atoms with E-state index in [4.69, 9.17) is 4.84 Å². The van der Waals surface area contributed by atoms with Crippen LogP contribution in [0.1, 0.15) is 34.2 Å². The van der Waals surface area contributed by atoms with Crippen molar-refractivity contribution in [3.8, 4) is 0 Å². The molecule has 3 amide bonds. The van der Waals surface area contributed by atoms with Gasteiger partial charge < -0.3 is 15.0 Å². The van der Waals surface area contributed by atoms with Crippen molar-refractivity contribution in [2.24, 2.45) is 0 Å². The first-order valence-electron chi connectivity index (χ1n) is 10.7. The van der Waals surface area contributed by atoms with Crippen molar-refractivity contribution in [2.75, 3.05) is 32.7 Å². The minimum Gasteiger partial charge on any atom is -0.379 e. The van der Waals surface area contributed by atoms with Gasteiger partial charge in [-0.2, -0.15) is 5.10 Å². The highest BCUT2D eigenvalue weighted by Crippen LogP contribution is 2.28. The Bertz CT molecular complexity index is 1050. The molecular formula is C22H28F3N5O4. The molecule has 0 aliphatic carbocycles. The highest BCUT2D eigenvalue weighted by molar-refractivity contribution is 5.94. The van der Waals surface area contributed by atoms with E-state index in [0.717, 1.165) is 11.3 Å². The zero-order valence-electron chi connectivity index (χ0n) is 19.5. The van der Waals surface area contributed by atoms with Crippen LogP contribution in [-0.4, -0.2) is 71.5 Å². The largest absolute Gasteiger partial charge is 0.379 e. The summed E-state index contributed by atoms with van der Waals surface area (Å²) in [5.41, 5.74) is 3.05.